The van der Waals surface area contributed by atoms with Gasteiger partial charge < -0.3 is 4.74 Å². The van der Waals surface area contributed by atoms with Crippen molar-refractivity contribution in [1.29, 1.82) is 0 Å². The van der Waals surface area contributed by atoms with Gasteiger partial charge in [0, 0.05) is 19.6 Å². The number of hydrogen-bond donors (Lipinski definition) is 0. The molecule has 0 heterocycles. The minimum Gasteiger partial charge on any atom is -0.382 e. The summed E-state index contributed by atoms with van der Waals surface area (Å²) in [5.74, 6) is 3.37. The third kappa shape index (κ3) is 19.7. The average Bonchev–Trinajstić information content (AvgIpc) is 2.45. The standard InChI is InChI=1S/C20H40OSi/c1-5-21-19-17-15-13-11-9-7-6-8-10-12-14-16-18-20-22(2,3)4/h5-17,19H2,1-4H3. The summed E-state index contributed by atoms with van der Waals surface area (Å²) in [6.45, 7) is 10.8. The van der Waals surface area contributed by atoms with Crippen LogP contribution in [-0.2, 0) is 4.74 Å². The van der Waals surface area contributed by atoms with Crippen LogP contribution < -0.4 is 0 Å². The first-order valence-corrected chi connectivity index (χ1v) is 13.1. The van der Waals surface area contributed by atoms with Gasteiger partial charge in [0.25, 0.3) is 0 Å². The van der Waals surface area contributed by atoms with Crippen molar-refractivity contribution in [2.24, 2.45) is 0 Å². The molecule has 0 aliphatic carbocycles. The molecule has 1 nitrogen and oxygen atoms in total. The molecule has 0 unspecified atom stereocenters. The molecule has 0 N–H and O–H groups in total. The van der Waals surface area contributed by atoms with Gasteiger partial charge in [0.05, 0.1) is 0 Å². The van der Waals surface area contributed by atoms with Gasteiger partial charge >= 0.3 is 0 Å². The van der Waals surface area contributed by atoms with E-state index in [1.54, 1.807) is 0 Å². The van der Waals surface area contributed by atoms with E-state index < -0.39 is 8.07 Å². The maximum Gasteiger partial charge on any atom is 0.129 e. The van der Waals surface area contributed by atoms with E-state index in [1.165, 1.54) is 70.6 Å². The Morgan fingerprint density at radius 1 is 0.682 bits per heavy atom. The first-order valence-electron chi connectivity index (χ1n) is 9.64. The van der Waals surface area contributed by atoms with Crippen LogP contribution in [0.2, 0.25) is 19.6 Å². The molecule has 0 aromatic carbocycles. The second-order valence-electron chi connectivity index (χ2n) is 7.39. The van der Waals surface area contributed by atoms with E-state index in [1.807, 2.05) is 0 Å². The fourth-order valence-corrected chi connectivity index (χ4v) is 3.14. The molecule has 130 valence electrons. The summed E-state index contributed by atoms with van der Waals surface area (Å²) in [6.07, 6.45) is 16.3. The highest BCUT2D eigenvalue weighted by Crippen LogP contribution is 2.12. The average molecular weight is 325 g/mol. The summed E-state index contributed by atoms with van der Waals surface area (Å²) < 4.78 is 5.35. The second kappa shape index (κ2) is 15.6. The third-order valence-electron chi connectivity index (χ3n) is 3.76. The fourth-order valence-electron chi connectivity index (χ4n) is 2.48. The molecule has 0 aromatic rings. The first-order chi connectivity index (χ1) is 10.6. The zero-order valence-corrected chi connectivity index (χ0v) is 16.8. The van der Waals surface area contributed by atoms with Crippen LogP contribution in [0.25, 0.3) is 0 Å². The van der Waals surface area contributed by atoms with Crippen molar-refractivity contribution in [1.82, 2.24) is 0 Å². The molecule has 0 saturated carbocycles. The lowest BCUT2D eigenvalue weighted by Crippen LogP contribution is -2.16. The Morgan fingerprint density at radius 3 is 1.59 bits per heavy atom. The Labute approximate surface area is 141 Å². The van der Waals surface area contributed by atoms with Crippen LogP contribution in [0.15, 0.2) is 0 Å². The molecule has 0 rings (SSSR count). The summed E-state index contributed by atoms with van der Waals surface area (Å²) in [4.78, 5) is 0. The molecule has 0 saturated heterocycles. The molecule has 22 heavy (non-hydrogen) atoms. The summed E-state index contributed by atoms with van der Waals surface area (Å²) in [5.41, 5.74) is 3.45. The van der Waals surface area contributed by atoms with Crippen LogP contribution in [0.3, 0.4) is 0 Å². The normalized spacial score (nSPS) is 11.3. The van der Waals surface area contributed by atoms with Gasteiger partial charge in [-0.15, -0.1) is 11.5 Å². The van der Waals surface area contributed by atoms with Crippen LogP contribution in [0.1, 0.15) is 84.0 Å². The SMILES string of the molecule is CCOCCCCCCCCCCCCCC#C[Si](C)(C)C. The number of hydrogen-bond acceptors (Lipinski definition) is 1. The van der Waals surface area contributed by atoms with Crippen LogP contribution in [0.5, 0.6) is 0 Å². The molecule has 0 radical (unpaired) electrons. The Hall–Kier alpha value is -0.263. The van der Waals surface area contributed by atoms with Crippen molar-refractivity contribution in [2.75, 3.05) is 13.2 Å². The molecule has 2 heteroatoms. The van der Waals surface area contributed by atoms with Crippen molar-refractivity contribution in [3.8, 4) is 11.5 Å². The predicted octanol–water partition coefficient (Wildman–Crippen LogP) is 6.58. The second-order valence-corrected chi connectivity index (χ2v) is 12.1. The monoisotopic (exact) mass is 324 g/mol. The molecular weight excluding hydrogens is 284 g/mol. The van der Waals surface area contributed by atoms with Gasteiger partial charge in [-0.3, -0.25) is 0 Å². The quantitative estimate of drug-likeness (QED) is 0.199. The van der Waals surface area contributed by atoms with E-state index in [4.69, 9.17) is 4.74 Å². The summed E-state index contributed by atoms with van der Waals surface area (Å²) in [7, 11) is -1.13. The minimum atomic E-state index is -1.13. The van der Waals surface area contributed by atoms with Gasteiger partial charge in [-0.2, -0.15) is 0 Å². The molecule has 0 bridgehead atoms. The van der Waals surface area contributed by atoms with Crippen LogP contribution >= 0.6 is 0 Å². The van der Waals surface area contributed by atoms with Gasteiger partial charge in [-0.05, 0) is 19.8 Å². The summed E-state index contributed by atoms with van der Waals surface area (Å²) in [5, 5.41) is 0. The number of rotatable bonds is 14. The number of ether oxygens (including phenoxy) is 1. The predicted molar refractivity (Wildman–Crippen MR) is 103 cm³/mol. The van der Waals surface area contributed by atoms with E-state index in [-0.39, 0.29) is 0 Å². The summed E-state index contributed by atoms with van der Waals surface area (Å²) in [6, 6.07) is 0. The third-order valence-corrected chi connectivity index (χ3v) is 4.68. The van der Waals surface area contributed by atoms with E-state index >= 15 is 0 Å². The zero-order valence-electron chi connectivity index (χ0n) is 15.8. The van der Waals surface area contributed by atoms with Crippen molar-refractivity contribution in [2.45, 2.75) is 104 Å². The van der Waals surface area contributed by atoms with E-state index in [0.717, 1.165) is 19.6 Å². The van der Waals surface area contributed by atoms with Crippen molar-refractivity contribution in [3.05, 3.63) is 0 Å². The Bertz CT molecular complexity index is 282. The molecule has 0 spiro atoms. The lowest BCUT2D eigenvalue weighted by atomic mass is 10.1. The van der Waals surface area contributed by atoms with Crippen molar-refractivity contribution in [3.63, 3.8) is 0 Å². The minimum absolute atomic E-state index is 0.866. The maximum absolute atomic E-state index is 5.35. The van der Waals surface area contributed by atoms with Crippen LogP contribution in [0.4, 0.5) is 0 Å². The van der Waals surface area contributed by atoms with E-state index in [0.29, 0.717) is 0 Å². The first kappa shape index (κ1) is 21.7. The van der Waals surface area contributed by atoms with Crippen molar-refractivity contribution >= 4 is 8.07 Å². The number of unbranched alkanes of at least 4 members (excludes halogenated alkanes) is 11. The van der Waals surface area contributed by atoms with Gasteiger partial charge in [-0.25, -0.2) is 0 Å². The van der Waals surface area contributed by atoms with Gasteiger partial charge in [0.15, 0.2) is 0 Å². The maximum atomic E-state index is 5.35. The highest BCUT2D eigenvalue weighted by molar-refractivity contribution is 6.83. The van der Waals surface area contributed by atoms with Gasteiger partial charge in [-0.1, -0.05) is 77.4 Å². The molecule has 0 aromatic heterocycles. The van der Waals surface area contributed by atoms with Crippen LogP contribution in [-0.4, -0.2) is 21.3 Å². The fraction of sp³-hybridized carbons (Fsp3) is 0.900. The van der Waals surface area contributed by atoms with Gasteiger partial charge in [0.2, 0.25) is 0 Å². The highest BCUT2D eigenvalue weighted by atomic mass is 28.3. The van der Waals surface area contributed by atoms with Crippen LogP contribution in [0, 0.1) is 11.5 Å². The highest BCUT2D eigenvalue weighted by Gasteiger charge is 2.06. The largest absolute Gasteiger partial charge is 0.382 e. The zero-order chi connectivity index (χ0) is 16.5. The topological polar surface area (TPSA) is 9.23 Å². The Balaban J connectivity index is 3.10. The molecule has 0 fully saturated rings. The Morgan fingerprint density at radius 2 is 1.14 bits per heavy atom. The Kier molecular flexibility index (Phi) is 15.4. The van der Waals surface area contributed by atoms with Gasteiger partial charge in [0.1, 0.15) is 8.07 Å². The van der Waals surface area contributed by atoms with Crippen molar-refractivity contribution < 1.29 is 4.74 Å². The lowest BCUT2D eigenvalue weighted by Gasteiger charge is -2.04. The van der Waals surface area contributed by atoms with E-state index in [9.17, 15) is 0 Å². The molecule has 0 aliphatic heterocycles. The molecule has 0 aliphatic rings. The summed E-state index contributed by atoms with van der Waals surface area (Å²) >= 11 is 0. The smallest absolute Gasteiger partial charge is 0.129 e. The molecule has 0 amide bonds. The molecule has 0 atom stereocenters. The van der Waals surface area contributed by atoms with E-state index in [2.05, 4.69) is 38.0 Å². The molecular formula is C20H40OSi. The lowest BCUT2D eigenvalue weighted by molar-refractivity contribution is 0.143.